The van der Waals surface area contributed by atoms with E-state index in [1.54, 1.807) is 6.33 Å². The van der Waals surface area contributed by atoms with Gasteiger partial charge >= 0.3 is 0 Å². The van der Waals surface area contributed by atoms with Crippen LogP contribution < -0.4 is 10.0 Å². The number of nitrogens with one attached hydrogen (secondary N) is 1. The number of hydrogen-bond donors (Lipinski definition) is 2. The van der Waals surface area contributed by atoms with Gasteiger partial charge in [0.2, 0.25) is 0 Å². The summed E-state index contributed by atoms with van der Waals surface area (Å²) in [6, 6.07) is 6.22. The number of nitrogens with two attached hydrogens (primary N) is 1. The molecule has 0 bridgehead atoms. The number of H-pyrrole nitrogens is 1. The van der Waals surface area contributed by atoms with Crippen LogP contribution in [0.1, 0.15) is 12.0 Å². The van der Waals surface area contributed by atoms with E-state index in [2.05, 4.69) is 38.9 Å². The average Bonchev–Trinajstić information content (AvgIpc) is 3.03. The van der Waals surface area contributed by atoms with Crippen molar-refractivity contribution in [1.82, 2.24) is 19.3 Å². The molecule has 0 saturated carbocycles. The van der Waals surface area contributed by atoms with Crippen molar-refractivity contribution in [2.24, 2.45) is 5.14 Å². The van der Waals surface area contributed by atoms with Crippen LogP contribution >= 0.6 is 0 Å². The predicted molar refractivity (Wildman–Crippen MR) is 106 cm³/mol. The first kappa shape index (κ1) is 17.9. The molecule has 27 heavy (non-hydrogen) atoms. The largest absolute Gasteiger partial charge is 0.367 e. The molecule has 2 aromatic heterocycles. The van der Waals surface area contributed by atoms with Crippen molar-refractivity contribution in [3.63, 3.8) is 0 Å². The molecular weight excluding hydrogens is 364 g/mol. The summed E-state index contributed by atoms with van der Waals surface area (Å²) in [6.45, 7) is 4.11. The minimum atomic E-state index is -3.66. The summed E-state index contributed by atoms with van der Waals surface area (Å²) in [6.07, 6.45) is 6.13. The summed E-state index contributed by atoms with van der Waals surface area (Å²) in [5, 5.41) is 6.26. The second-order valence-electron chi connectivity index (χ2n) is 6.77. The zero-order valence-electron chi connectivity index (χ0n) is 15.1. The SMILES string of the molecule is Cc1cc2c(N3CCCN(S(N)(=O)=O)CC3)ncnc2cc1-c1cc[nH]c1. The molecule has 8 nitrogen and oxygen atoms in total. The lowest BCUT2D eigenvalue weighted by molar-refractivity contribution is 0.434. The Morgan fingerprint density at radius 2 is 2.00 bits per heavy atom. The maximum absolute atomic E-state index is 11.6. The molecule has 9 heteroatoms. The maximum Gasteiger partial charge on any atom is 0.276 e. The minimum absolute atomic E-state index is 0.352. The minimum Gasteiger partial charge on any atom is -0.367 e. The molecule has 0 atom stereocenters. The number of hydrogen-bond acceptors (Lipinski definition) is 5. The molecule has 4 rings (SSSR count). The summed E-state index contributed by atoms with van der Waals surface area (Å²) in [5.41, 5.74) is 4.26. The number of benzene rings is 1. The first-order valence-electron chi connectivity index (χ1n) is 8.85. The topological polar surface area (TPSA) is 108 Å². The van der Waals surface area contributed by atoms with Gasteiger partial charge in [-0.2, -0.15) is 12.7 Å². The number of nitrogens with zero attached hydrogens (tertiary/aromatic N) is 4. The summed E-state index contributed by atoms with van der Waals surface area (Å²) < 4.78 is 24.6. The summed E-state index contributed by atoms with van der Waals surface area (Å²) >= 11 is 0. The van der Waals surface area contributed by atoms with Crippen molar-refractivity contribution in [2.75, 3.05) is 31.1 Å². The molecule has 1 aliphatic rings. The molecule has 142 valence electrons. The highest BCUT2D eigenvalue weighted by atomic mass is 32.2. The molecule has 1 saturated heterocycles. The predicted octanol–water partition coefficient (Wildman–Crippen LogP) is 1.65. The van der Waals surface area contributed by atoms with Crippen molar-refractivity contribution in [3.8, 4) is 11.1 Å². The number of aromatic nitrogens is 3. The van der Waals surface area contributed by atoms with Crippen LogP contribution in [0.2, 0.25) is 0 Å². The lowest BCUT2D eigenvalue weighted by atomic mass is 10.0. The Morgan fingerprint density at radius 1 is 1.15 bits per heavy atom. The standard InChI is InChI=1S/C18H22N6O2S/c1-13-9-16-17(10-15(13)14-3-4-20-11-14)21-12-22-18(16)23-5-2-6-24(8-7-23)27(19,25)26/h3-4,9-12,20H,2,5-8H2,1H3,(H2,19,25,26). The number of rotatable bonds is 3. The van der Waals surface area contributed by atoms with Crippen molar-refractivity contribution >= 4 is 26.9 Å². The second kappa shape index (κ2) is 6.91. The van der Waals surface area contributed by atoms with E-state index >= 15 is 0 Å². The third-order valence-corrected chi connectivity index (χ3v) is 6.07. The highest BCUT2D eigenvalue weighted by Crippen LogP contribution is 2.31. The summed E-state index contributed by atoms with van der Waals surface area (Å²) in [4.78, 5) is 14.2. The van der Waals surface area contributed by atoms with Crippen molar-refractivity contribution < 1.29 is 8.42 Å². The van der Waals surface area contributed by atoms with E-state index < -0.39 is 10.2 Å². The Bertz CT molecular complexity index is 1060. The van der Waals surface area contributed by atoms with Gasteiger partial charge in [0.25, 0.3) is 10.2 Å². The summed E-state index contributed by atoms with van der Waals surface area (Å²) in [5.74, 6) is 0.833. The van der Waals surface area contributed by atoms with Gasteiger partial charge in [0, 0.05) is 44.0 Å². The monoisotopic (exact) mass is 386 g/mol. The van der Waals surface area contributed by atoms with Crippen molar-refractivity contribution in [2.45, 2.75) is 13.3 Å². The molecule has 1 fully saturated rings. The van der Waals surface area contributed by atoms with E-state index in [1.807, 2.05) is 18.5 Å². The fraction of sp³-hybridized carbons (Fsp3) is 0.333. The van der Waals surface area contributed by atoms with E-state index in [9.17, 15) is 8.42 Å². The van der Waals surface area contributed by atoms with Crippen LogP contribution in [0.3, 0.4) is 0 Å². The van der Waals surface area contributed by atoms with Gasteiger partial charge in [-0.25, -0.2) is 15.1 Å². The van der Waals surface area contributed by atoms with Gasteiger partial charge in [0.1, 0.15) is 12.1 Å². The van der Waals surface area contributed by atoms with E-state index in [1.165, 1.54) is 4.31 Å². The Kier molecular flexibility index (Phi) is 4.58. The number of aromatic amines is 1. The Labute approximate surface area is 158 Å². The molecule has 3 heterocycles. The molecule has 0 aliphatic carbocycles. The van der Waals surface area contributed by atoms with Gasteiger partial charge in [-0.3, -0.25) is 0 Å². The van der Waals surface area contributed by atoms with Crippen LogP contribution in [-0.4, -0.2) is 53.9 Å². The smallest absolute Gasteiger partial charge is 0.276 e. The van der Waals surface area contributed by atoms with Gasteiger partial charge < -0.3 is 9.88 Å². The molecular formula is C18H22N6O2S. The fourth-order valence-corrected chi connectivity index (χ4v) is 4.33. The Morgan fingerprint density at radius 3 is 2.74 bits per heavy atom. The van der Waals surface area contributed by atoms with E-state index in [0.29, 0.717) is 26.1 Å². The van der Waals surface area contributed by atoms with Crippen LogP contribution in [0.4, 0.5) is 5.82 Å². The van der Waals surface area contributed by atoms with E-state index in [-0.39, 0.29) is 0 Å². The zero-order chi connectivity index (χ0) is 19.0. The third-order valence-electron chi connectivity index (χ3n) is 4.98. The van der Waals surface area contributed by atoms with Crippen LogP contribution in [0.15, 0.2) is 36.9 Å². The Hall–Kier alpha value is -2.49. The van der Waals surface area contributed by atoms with Crippen LogP contribution in [0.5, 0.6) is 0 Å². The van der Waals surface area contributed by atoms with Crippen LogP contribution in [0, 0.1) is 6.92 Å². The Balaban J connectivity index is 1.71. The average molecular weight is 386 g/mol. The lowest BCUT2D eigenvalue weighted by Crippen LogP contribution is -2.39. The van der Waals surface area contributed by atoms with Gasteiger partial charge in [-0.1, -0.05) is 0 Å². The molecule has 3 N–H and O–H groups in total. The van der Waals surface area contributed by atoms with Crippen LogP contribution in [-0.2, 0) is 10.2 Å². The van der Waals surface area contributed by atoms with E-state index in [0.717, 1.165) is 40.0 Å². The quantitative estimate of drug-likeness (QED) is 0.711. The molecule has 0 radical (unpaired) electrons. The lowest BCUT2D eigenvalue weighted by Gasteiger charge is -2.23. The molecule has 1 aromatic carbocycles. The highest BCUT2D eigenvalue weighted by molar-refractivity contribution is 7.86. The normalized spacial score (nSPS) is 16.6. The van der Waals surface area contributed by atoms with Gasteiger partial charge in [-0.05, 0) is 48.2 Å². The molecule has 1 aliphatic heterocycles. The molecule has 3 aromatic rings. The van der Waals surface area contributed by atoms with Crippen molar-refractivity contribution in [1.29, 1.82) is 0 Å². The number of aryl methyl sites for hydroxylation is 1. The second-order valence-corrected chi connectivity index (χ2v) is 8.31. The maximum atomic E-state index is 11.6. The van der Waals surface area contributed by atoms with Crippen LogP contribution in [0.25, 0.3) is 22.0 Å². The van der Waals surface area contributed by atoms with E-state index in [4.69, 9.17) is 5.14 Å². The molecule has 0 unspecified atom stereocenters. The highest BCUT2D eigenvalue weighted by Gasteiger charge is 2.23. The van der Waals surface area contributed by atoms with Crippen molar-refractivity contribution in [3.05, 3.63) is 42.5 Å². The first-order valence-corrected chi connectivity index (χ1v) is 10.3. The number of anilines is 1. The number of fused-ring (bicyclic) bond motifs is 1. The summed E-state index contributed by atoms with van der Waals surface area (Å²) in [7, 11) is -3.66. The fourth-order valence-electron chi connectivity index (χ4n) is 3.61. The molecule has 0 amide bonds. The molecule has 0 spiro atoms. The van der Waals surface area contributed by atoms with Gasteiger partial charge in [0.05, 0.1) is 5.52 Å². The van der Waals surface area contributed by atoms with Gasteiger partial charge in [-0.15, -0.1) is 0 Å². The zero-order valence-corrected chi connectivity index (χ0v) is 15.9. The van der Waals surface area contributed by atoms with Gasteiger partial charge in [0.15, 0.2) is 0 Å². The first-order chi connectivity index (χ1) is 12.9. The third kappa shape index (κ3) is 3.53.